The third kappa shape index (κ3) is 7.08. The van der Waals surface area contributed by atoms with Gasteiger partial charge in [0.25, 0.3) is 0 Å². The van der Waals surface area contributed by atoms with Crippen LogP contribution in [0.15, 0.2) is 36.4 Å². The van der Waals surface area contributed by atoms with Crippen LogP contribution in [-0.4, -0.2) is 90.8 Å². The van der Waals surface area contributed by atoms with Gasteiger partial charge < -0.3 is 30.0 Å². The third-order valence-corrected chi connectivity index (χ3v) is 8.72. The van der Waals surface area contributed by atoms with Crippen molar-refractivity contribution in [3.05, 3.63) is 59.0 Å². The summed E-state index contributed by atoms with van der Waals surface area (Å²) in [6.07, 6.45) is 4.75. The van der Waals surface area contributed by atoms with Gasteiger partial charge in [0.05, 0.1) is 18.5 Å². The molecule has 41 heavy (non-hydrogen) atoms. The van der Waals surface area contributed by atoms with Gasteiger partial charge in [0.15, 0.2) is 11.6 Å². The van der Waals surface area contributed by atoms with E-state index in [1.54, 1.807) is 7.11 Å². The summed E-state index contributed by atoms with van der Waals surface area (Å²) in [4.78, 5) is 23.8. The van der Waals surface area contributed by atoms with Crippen LogP contribution in [-0.2, 0) is 11.2 Å². The summed E-state index contributed by atoms with van der Waals surface area (Å²) in [6.45, 7) is 11.2. The summed E-state index contributed by atoms with van der Waals surface area (Å²) in [6, 6.07) is 12.9. The fraction of sp³-hybridized carbons (Fsp3) is 0.531. The Kier molecular flexibility index (Phi) is 9.25. The van der Waals surface area contributed by atoms with Gasteiger partial charge >= 0.3 is 0 Å². The van der Waals surface area contributed by atoms with E-state index in [0.29, 0.717) is 23.9 Å². The molecule has 0 aliphatic carbocycles. The first kappa shape index (κ1) is 29.1. The minimum Gasteiger partial charge on any atom is -0.493 e. The van der Waals surface area contributed by atoms with E-state index in [1.165, 1.54) is 11.3 Å². The van der Waals surface area contributed by atoms with Crippen LogP contribution in [0.4, 0.5) is 11.5 Å². The molecule has 2 fully saturated rings. The molecule has 9 nitrogen and oxygen atoms in total. The number of carbonyl (C=O) groups excluding carboxylic acids is 1. The Labute approximate surface area is 244 Å². The predicted octanol–water partition coefficient (Wildman–Crippen LogP) is 3.85. The van der Waals surface area contributed by atoms with Crippen LogP contribution in [0, 0.1) is 19.8 Å². The lowest BCUT2D eigenvalue weighted by Gasteiger charge is -2.35. The van der Waals surface area contributed by atoms with Gasteiger partial charge in [-0.2, -0.15) is 5.10 Å². The molecular formula is C32H45N7O2. The summed E-state index contributed by atoms with van der Waals surface area (Å²) in [7, 11) is 3.79. The van der Waals surface area contributed by atoms with E-state index in [1.807, 2.05) is 23.7 Å². The first-order chi connectivity index (χ1) is 19.8. The molecule has 0 unspecified atom stereocenters. The molecule has 0 amide bonds. The number of nitrogens with two attached hydrogens (primary N) is 1. The van der Waals surface area contributed by atoms with Crippen molar-refractivity contribution in [1.82, 2.24) is 24.6 Å². The van der Waals surface area contributed by atoms with Crippen LogP contribution in [0.25, 0.3) is 5.69 Å². The van der Waals surface area contributed by atoms with E-state index in [2.05, 4.69) is 57.9 Å². The molecule has 0 radical (unpaired) electrons. The molecule has 0 spiro atoms. The Morgan fingerprint density at radius 1 is 1.07 bits per heavy atom. The van der Waals surface area contributed by atoms with Gasteiger partial charge in [0.1, 0.15) is 6.29 Å². The van der Waals surface area contributed by atoms with E-state index in [4.69, 9.17) is 15.6 Å². The predicted molar refractivity (Wildman–Crippen MR) is 164 cm³/mol. The number of nitrogen functional groups attached to an aromatic ring is 1. The van der Waals surface area contributed by atoms with Crippen LogP contribution >= 0.6 is 0 Å². The van der Waals surface area contributed by atoms with Gasteiger partial charge in [-0.3, -0.25) is 0 Å². The highest BCUT2D eigenvalue weighted by molar-refractivity contribution is 5.59. The molecule has 220 valence electrons. The summed E-state index contributed by atoms with van der Waals surface area (Å²) in [5, 5.41) is 4.79. The number of benzene rings is 1. The quantitative estimate of drug-likeness (QED) is 0.354. The highest BCUT2D eigenvalue weighted by atomic mass is 16.5. The topological polar surface area (TPSA) is 92.8 Å². The fourth-order valence-corrected chi connectivity index (χ4v) is 6.34. The van der Waals surface area contributed by atoms with Crippen LogP contribution in [0.3, 0.4) is 0 Å². The monoisotopic (exact) mass is 559 g/mol. The SMILES string of the molecule is COc1ccc(CC[C@@H]2CCN(C[C@@H](CC=O)c3cc(N4CCN(C)CC4)cc(-n4nc(C)cc4C)c3)C2)nc1N. The maximum atomic E-state index is 11.9. The number of aromatic nitrogens is 3. The maximum Gasteiger partial charge on any atom is 0.166 e. The van der Waals surface area contributed by atoms with E-state index in [-0.39, 0.29) is 5.92 Å². The number of nitrogens with zero attached hydrogens (tertiary/aromatic N) is 6. The largest absolute Gasteiger partial charge is 0.493 e. The molecular weight excluding hydrogens is 514 g/mol. The number of methoxy groups -OCH3 is 1. The summed E-state index contributed by atoms with van der Waals surface area (Å²) in [5.74, 6) is 1.82. The molecule has 2 atom stereocenters. The number of carbonyl (C=O) groups is 1. The number of hydrogen-bond donors (Lipinski definition) is 1. The zero-order valence-corrected chi connectivity index (χ0v) is 25.1. The van der Waals surface area contributed by atoms with Crippen molar-refractivity contribution >= 4 is 17.8 Å². The second kappa shape index (κ2) is 13.0. The Bertz CT molecular complexity index is 1330. The minimum absolute atomic E-state index is 0.137. The summed E-state index contributed by atoms with van der Waals surface area (Å²) < 4.78 is 7.29. The van der Waals surface area contributed by atoms with Crippen LogP contribution < -0.4 is 15.4 Å². The van der Waals surface area contributed by atoms with Crippen molar-refractivity contribution in [3.63, 3.8) is 0 Å². The molecule has 5 rings (SSSR count). The molecule has 2 saturated heterocycles. The summed E-state index contributed by atoms with van der Waals surface area (Å²) in [5.41, 5.74) is 12.7. The van der Waals surface area contributed by atoms with Crippen molar-refractivity contribution < 1.29 is 9.53 Å². The normalized spacial score (nSPS) is 19.0. The van der Waals surface area contributed by atoms with Gasteiger partial charge in [0.2, 0.25) is 0 Å². The number of pyridine rings is 1. The molecule has 2 aliphatic heterocycles. The highest BCUT2D eigenvalue weighted by Gasteiger charge is 2.26. The molecule has 9 heteroatoms. The van der Waals surface area contributed by atoms with Crippen molar-refractivity contribution in [2.75, 3.05) is 70.6 Å². The van der Waals surface area contributed by atoms with Crippen LogP contribution in [0.2, 0.25) is 0 Å². The second-order valence-corrected chi connectivity index (χ2v) is 11.9. The van der Waals surface area contributed by atoms with E-state index in [9.17, 15) is 4.79 Å². The van der Waals surface area contributed by atoms with Crippen molar-refractivity contribution in [1.29, 1.82) is 0 Å². The molecule has 0 bridgehead atoms. The van der Waals surface area contributed by atoms with Crippen molar-refractivity contribution in [2.24, 2.45) is 5.92 Å². The highest BCUT2D eigenvalue weighted by Crippen LogP contribution is 2.32. The molecule has 2 N–H and O–H groups in total. The number of rotatable bonds is 11. The van der Waals surface area contributed by atoms with Crippen LogP contribution in [0.1, 0.15) is 47.8 Å². The van der Waals surface area contributed by atoms with Gasteiger partial charge in [-0.15, -0.1) is 0 Å². The lowest BCUT2D eigenvalue weighted by Crippen LogP contribution is -2.44. The van der Waals surface area contributed by atoms with Crippen molar-refractivity contribution in [3.8, 4) is 11.4 Å². The molecule has 2 aromatic heterocycles. The Hall–Kier alpha value is -3.43. The second-order valence-electron chi connectivity index (χ2n) is 11.9. The smallest absolute Gasteiger partial charge is 0.166 e. The van der Waals surface area contributed by atoms with E-state index < -0.39 is 0 Å². The number of piperazine rings is 1. The zero-order valence-electron chi connectivity index (χ0n) is 25.1. The zero-order chi connectivity index (χ0) is 28.9. The number of aldehydes is 1. The maximum absolute atomic E-state index is 11.9. The average molecular weight is 560 g/mol. The van der Waals surface area contributed by atoms with Gasteiger partial charge in [-0.25, -0.2) is 9.67 Å². The van der Waals surface area contributed by atoms with E-state index in [0.717, 1.165) is 94.1 Å². The Morgan fingerprint density at radius 2 is 1.85 bits per heavy atom. The molecule has 2 aliphatic rings. The van der Waals surface area contributed by atoms with Crippen molar-refractivity contribution in [2.45, 2.75) is 45.4 Å². The Balaban J connectivity index is 1.31. The number of likely N-dealkylation sites (N-methyl/N-ethyl adjacent to an activating group) is 1. The number of hydrogen-bond acceptors (Lipinski definition) is 8. The number of anilines is 2. The molecule has 4 heterocycles. The first-order valence-corrected chi connectivity index (χ1v) is 14.9. The standard InChI is InChI=1S/C32H45N7O2/c1-23-17-24(2)39(35-23)30-19-27(18-29(20-30)38-14-12-36(3)13-15-38)26(10-16-40)22-37-11-9-25(21-37)5-6-28-7-8-31(41-4)32(33)34-28/h7-8,16-20,25-26H,5-6,9-15,21-22H2,1-4H3,(H2,33,34)/t25-,26-/m1/s1. The lowest BCUT2D eigenvalue weighted by atomic mass is 9.94. The third-order valence-electron chi connectivity index (χ3n) is 8.72. The number of aryl methyl sites for hydroxylation is 3. The Morgan fingerprint density at radius 3 is 2.54 bits per heavy atom. The van der Waals surface area contributed by atoms with Gasteiger partial charge in [0, 0.05) is 68.7 Å². The van der Waals surface area contributed by atoms with Gasteiger partial charge in [-0.1, -0.05) is 0 Å². The average Bonchev–Trinajstić information content (AvgIpc) is 3.56. The first-order valence-electron chi connectivity index (χ1n) is 14.9. The van der Waals surface area contributed by atoms with E-state index >= 15 is 0 Å². The summed E-state index contributed by atoms with van der Waals surface area (Å²) >= 11 is 0. The molecule has 0 saturated carbocycles. The number of likely N-dealkylation sites (tertiary alicyclic amines) is 1. The minimum atomic E-state index is 0.137. The lowest BCUT2D eigenvalue weighted by molar-refractivity contribution is -0.108. The van der Waals surface area contributed by atoms with Crippen LogP contribution in [0.5, 0.6) is 5.75 Å². The molecule has 3 aromatic rings. The number of ether oxygens (including phenoxy) is 1. The van der Waals surface area contributed by atoms with Gasteiger partial charge in [-0.05, 0) is 94.6 Å². The molecule has 1 aromatic carbocycles. The fourth-order valence-electron chi connectivity index (χ4n) is 6.34.